The van der Waals surface area contributed by atoms with Gasteiger partial charge in [0.15, 0.2) is 6.29 Å². The molecule has 0 bridgehead atoms. The van der Waals surface area contributed by atoms with Crippen molar-refractivity contribution < 1.29 is 10.2 Å². The standard InChI is InChI=1S/C12H17NO2/c1-13-12(11(14)15)8-7-10(12)9-5-3-2-4-6-9/h2-6,10-11,13-15H,7-8H2,1H3. The van der Waals surface area contributed by atoms with Gasteiger partial charge in [0.05, 0.1) is 5.54 Å². The monoisotopic (exact) mass is 207 g/mol. The fourth-order valence-electron chi connectivity index (χ4n) is 2.49. The topological polar surface area (TPSA) is 52.5 Å². The molecule has 2 unspecified atom stereocenters. The molecule has 0 spiro atoms. The fraction of sp³-hybridized carbons (Fsp3) is 0.500. The minimum Gasteiger partial charge on any atom is -0.367 e. The molecule has 1 fully saturated rings. The van der Waals surface area contributed by atoms with Gasteiger partial charge in [-0.25, -0.2) is 0 Å². The molecule has 1 aliphatic carbocycles. The zero-order chi connectivity index (χ0) is 10.9. The zero-order valence-electron chi connectivity index (χ0n) is 8.85. The molecule has 15 heavy (non-hydrogen) atoms. The Kier molecular flexibility index (Phi) is 2.78. The first-order valence-electron chi connectivity index (χ1n) is 5.30. The number of hydrogen-bond donors (Lipinski definition) is 3. The summed E-state index contributed by atoms with van der Waals surface area (Å²) >= 11 is 0. The van der Waals surface area contributed by atoms with Gasteiger partial charge in [0.25, 0.3) is 0 Å². The number of likely N-dealkylation sites (N-methyl/N-ethyl adjacent to an activating group) is 1. The van der Waals surface area contributed by atoms with E-state index in [-0.39, 0.29) is 5.92 Å². The largest absolute Gasteiger partial charge is 0.367 e. The van der Waals surface area contributed by atoms with E-state index in [2.05, 4.69) is 5.32 Å². The van der Waals surface area contributed by atoms with E-state index in [4.69, 9.17) is 0 Å². The van der Waals surface area contributed by atoms with Gasteiger partial charge in [0.1, 0.15) is 0 Å². The van der Waals surface area contributed by atoms with E-state index in [9.17, 15) is 10.2 Å². The Labute approximate surface area is 89.8 Å². The predicted octanol–water partition coefficient (Wildman–Crippen LogP) is 0.833. The fourth-order valence-corrected chi connectivity index (χ4v) is 2.49. The molecule has 0 amide bonds. The van der Waals surface area contributed by atoms with Gasteiger partial charge in [-0.15, -0.1) is 0 Å². The van der Waals surface area contributed by atoms with Gasteiger partial charge in [-0.3, -0.25) is 0 Å². The van der Waals surface area contributed by atoms with Crippen LogP contribution in [-0.4, -0.2) is 29.1 Å². The summed E-state index contributed by atoms with van der Waals surface area (Å²) in [6, 6.07) is 10.0. The summed E-state index contributed by atoms with van der Waals surface area (Å²) in [6.07, 6.45) is 0.505. The van der Waals surface area contributed by atoms with Crippen molar-refractivity contribution in [3.05, 3.63) is 35.9 Å². The number of benzene rings is 1. The van der Waals surface area contributed by atoms with E-state index < -0.39 is 11.8 Å². The first-order valence-corrected chi connectivity index (χ1v) is 5.30. The zero-order valence-corrected chi connectivity index (χ0v) is 8.85. The average molecular weight is 207 g/mol. The molecule has 0 heterocycles. The van der Waals surface area contributed by atoms with Crippen LogP contribution in [0.5, 0.6) is 0 Å². The van der Waals surface area contributed by atoms with Crippen LogP contribution in [0.25, 0.3) is 0 Å². The summed E-state index contributed by atoms with van der Waals surface area (Å²) in [5.41, 5.74) is 0.618. The Bertz CT molecular complexity index is 322. The van der Waals surface area contributed by atoms with Crippen LogP contribution in [0, 0.1) is 0 Å². The van der Waals surface area contributed by atoms with Gasteiger partial charge in [0, 0.05) is 5.92 Å². The summed E-state index contributed by atoms with van der Waals surface area (Å²) in [4.78, 5) is 0. The van der Waals surface area contributed by atoms with E-state index in [1.54, 1.807) is 7.05 Å². The number of nitrogens with one attached hydrogen (secondary N) is 1. The quantitative estimate of drug-likeness (QED) is 0.644. The Morgan fingerprint density at radius 3 is 2.40 bits per heavy atom. The van der Waals surface area contributed by atoms with Crippen LogP contribution in [0.4, 0.5) is 0 Å². The van der Waals surface area contributed by atoms with E-state index in [0.29, 0.717) is 0 Å². The van der Waals surface area contributed by atoms with Crippen molar-refractivity contribution in [3.8, 4) is 0 Å². The molecule has 2 atom stereocenters. The molecule has 0 aliphatic heterocycles. The third-order valence-electron chi connectivity index (χ3n) is 3.60. The highest BCUT2D eigenvalue weighted by Gasteiger charge is 2.51. The minimum absolute atomic E-state index is 0.198. The molecule has 3 N–H and O–H groups in total. The highest BCUT2D eigenvalue weighted by atomic mass is 16.5. The molecule has 82 valence electrons. The van der Waals surface area contributed by atoms with Crippen LogP contribution in [-0.2, 0) is 0 Å². The lowest BCUT2D eigenvalue weighted by molar-refractivity contribution is -0.142. The van der Waals surface area contributed by atoms with Crippen molar-refractivity contribution in [2.75, 3.05) is 7.05 Å². The molecule has 3 nitrogen and oxygen atoms in total. The third-order valence-corrected chi connectivity index (χ3v) is 3.60. The molecule has 0 radical (unpaired) electrons. The molecule has 0 aromatic heterocycles. The number of rotatable bonds is 3. The third kappa shape index (κ3) is 1.57. The number of hydrogen-bond acceptors (Lipinski definition) is 3. The molecule has 1 aromatic rings. The van der Waals surface area contributed by atoms with Crippen LogP contribution in [0.15, 0.2) is 30.3 Å². The smallest absolute Gasteiger partial charge is 0.170 e. The average Bonchev–Trinajstić information content (AvgIpc) is 2.18. The molecule has 1 aromatic carbocycles. The maximum atomic E-state index is 9.45. The molecular formula is C12H17NO2. The summed E-state index contributed by atoms with van der Waals surface area (Å²) < 4.78 is 0. The van der Waals surface area contributed by atoms with E-state index in [1.807, 2.05) is 30.3 Å². The molecule has 2 rings (SSSR count). The Hall–Kier alpha value is -0.900. The highest BCUT2D eigenvalue weighted by Crippen LogP contribution is 2.47. The normalized spacial score (nSPS) is 30.3. The van der Waals surface area contributed by atoms with Crippen LogP contribution in [0.1, 0.15) is 24.3 Å². The summed E-state index contributed by atoms with van der Waals surface area (Å²) in [5, 5.41) is 22.0. The van der Waals surface area contributed by atoms with Crippen LogP contribution >= 0.6 is 0 Å². The van der Waals surface area contributed by atoms with Gasteiger partial charge in [-0.2, -0.15) is 0 Å². The molecule has 3 heteroatoms. The van der Waals surface area contributed by atoms with Crippen molar-refractivity contribution in [2.45, 2.75) is 30.6 Å². The van der Waals surface area contributed by atoms with Gasteiger partial charge in [0.2, 0.25) is 0 Å². The van der Waals surface area contributed by atoms with Crippen LogP contribution in [0.2, 0.25) is 0 Å². The van der Waals surface area contributed by atoms with Gasteiger partial charge in [-0.1, -0.05) is 30.3 Å². The Morgan fingerprint density at radius 1 is 1.33 bits per heavy atom. The first-order chi connectivity index (χ1) is 7.20. The van der Waals surface area contributed by atoms with Gasteiger partial charge >= 0.3 is 0 Å². The van der Waals surface area contributed by atoms with Gasteiger partial charge in [-0.05, 0) is 25.5 Å². The first kappa shape index (κ1) is 10.6. The van der Waals surface area contributed by atoms with Crippen molar-refractivity contribution in [1.82, 2.24) is 5.32 Å². The number of aliphatic hydroxyl groups excluding tert-OH is 1. The van der Waals surface area contributed by atoms with Crippen LogP contribution in [0.3, 0.4) is 0 Å². The molecular weight excluding hydrogens is 190 g/mol. The Morgan fingerprint density at radius 2 is 2.00 bits per heavy atom. The molecule has 1 saturated carbocycles. The van der Waals surface area contributed by atoms with Crippen molar-refractivity contribution in [3.63, 3.8) is 0 Å². The van der Waals surface area contributed by atoms with Crippen LogP contribution < -0.4 is 5.32 Å². The molecule has 0 saturated heterocycles. The van der Waals surface area contributed by atoms with Crippen molar-refractivity contribution >= 4 is 0 Å². The van der Waals surface area contributed by atoms with Crippen molar-refractivity contribution in [2.24, 2.45) is 0 Å². The summed E-state index contributed by atoms with van der Waals surface area (Å²) in [6.45, 7) is 0. The summed E-state index contributed by atoms with van der Waals surface area (Å²) in [7, 11) is 1.79. The summed E-state index contributed by atoms with van der Waals surface area (Å²) in [5.74, 6) is 0.198. The highest BCUT2D eigenvalue weighted by molar-refractivity contribution is 5.28. The number of aliphatic hydroxyl groups is 2. The van der Waals surface area contributed by atoms with E-state index >= 15 is 0 Å². The lowest BCUT2D eigenvalue weighted by atomic mass is 9.63. The maximum absolute atomic E-state index is 9.45. The molecule has 1 aliphatic rings. The van der Waals surface area contributed by atoms with E-state index in [1.165, 1.54) is 5.56 Å². The minimum atomic E-state index is -1.30. The van der Waals surface area contributed by atoms with E-state index in [0.717, 1.165) is 12.8 Å². The van der Waals surface area contributed by atoms with Gasteiger partial charge < -0.3 is 15.5 Å². The lowest BCUT2D eigenvalue weighted by Gasteiger charge is -2.50. The second kappa shape index (κ2) is 3.93. The predicted molar refractivity (Wildman–Crippen MR) is 58.4 cm³/mol. The second-order valence-corrected chi connectivity index (χ2v) is 4.17. The SMILES string of the molecule is CNC1(C(O)O)CCC1c1ccccc1. The van der Waals surface area contributed by atoms with Crippen molar-refractivity contribution in [1.29, 1.82) is 0 Å². The Balaban J connectivity index is 2.25. The lowest BCUT2D eigenvalue weighted by Crippen LogP contribution is -2.62. The second-order valence-electron chi connectivity index (χ2n) is 4.17. The maximum Gasteiger partial charge on any atom is 0.170 e.